The van der Waals surface area contributed by atoms with Crippen LogP contribution in [0.15, 0.2) is 60.7 Å². The summed E-state index contributed by atoms with van der Waals surface area (Å²) in [7, 11) is 0. The molecule has 122 valence electrons. The summed E-state index contributed by atoms with van der Waals surface area (Å²) < 4.78 is 0. The molecule has 0 saturated carbocycles. The van der Waals surface area contributed by atoms with E-state index in [1.54, 1.807) is 6.08 Å². The Hall–Kier alpha value is -2.79. The van der Waals surface area contributed by atoms with Crippen molar-refractivity contribution in [1.29, 1.82) is 0 Å². The van der Waals surface area contributed by atoms with Crippen molar-refractivity contribution < 1.29 is 9.90 Å². The second kappa shape index (κ2) is 9.37. The Kier molecular flexibility index (Phi) is 6.86. The minimum absolute atomic E-state index is 0.712. The Bertz CT molecular complexity index is 736. The van der Waals surface area contributed by atoms with Crippen LogP contribution in [0.5, 0.6) is 0 Å². The van der Waals surface area contributed by atoms with Crippen LogP contribution in [-0.2, 0) is 24.1 Å². The number of hydrogen-bond acceptors (Lipinski definition) is 1. The Morgan fingerprint density at radius 1 is 1.04 bits per heavy atom. The first kappa shape index (κ1) is 17.6. The highest BCUT2D eigenvalue weighted by atomic mass is 16.4. The van der Waals surface area contributed by atoms with Gasteiger partial charge in [0.15, 0.2) is 0 Å². The van der Waals surface area contributed by atoms with Crippen LogP contribution in [0.3, 0.4) is 0 Å². The number of benzene rings is 2. The molecule has 0 amide bonds. The SMILES string of the molecule is C#CCCc1c(CC/C=C/C(=O)O)cccc1Cc1ccccc1. The average molecular weight is 318 g/mol. The standard InChI is InChI=1S/C22H22O2/c1-2-3-15-21-19(12-7-8-16-22(23)24)13-9-14-20(21)17-18-10-5-4-6-11-18/h1,4-6,8-11,13-14,16H,3,7,12,15,17H2,(H,23,24)/b16-8+. The van der Waals surface area contributed by atoms with Crippen LogP contribution in [0.1, 0.15) is 35.1 Å². The van der Waals surface area contributed by atoms with Crippen molar-refractivity contribution in [3.05, 3.63) is 82.9 Å². The van der Waals surface area contributed by atoms with E-state index < -0.39 is 5.97 Å². The topological polar surface area (TPSA) is 37.3 Å². The van der Waals surface area contributed by atoms with E-state index in [2.05, 4.69) is 48.4 Å². The largest absolute Gasteiger partial charge is 0.478 e. The first-order chi connectivity index (χ1) is 11.7. The molecule has 0 bridgehead atoms. The van der Waals surface area contributed by atoms with Gasteiger partial charge in [0.2, 0.25) is 0 Å². The molecule has 24 heavy (non-hydrogen) atoms. The highest BCUT2D eigenvalue weighted by molar-refractivity contribution is 5.79. The number of terminal acetylenes is 1. The molecular weight excluding hydrogens is 296 g/mol. The minimum Gasteiger partial charge on any atom is -0.478 e. The van der Waals surface area contributed by atoms with Crippen molar-refractivity contribution in [1.82, 2.24) is 0 Å². The zero-order valence-corrected chi connectivity index (χ0v) is 13.7. The van der Waals surface area contributed by atoms with Crippen LogP contribution in [0, 0.1) is 12.3 Å². The molecule has 0 heterocycles. The Labute approximate surface area is 143 Å². The van der Waals surface area contributed by atoms with Gasteiger partial charge in [0.05, 0.1) is 0 Å². The van der Waals surface area contributed by atoms with Gasteiger partial charge in [-0.05, 0) is 47.9 Å². The summed E-state index contributed by atoms with van der Waals surface area (Å²) in [5.41, 5.74) is 5.15. The predicted molar refractivity (Wildman–Crippen MR) is 97.9 cm³/mol. The fraction of sp³-hybridized carbons (Fsp3) is 0.227. The van der Waals surface area contributed by atoms with Crippen LogP contribution in [0.2, 0.25) is 0 Å². The van der Waals surface area contributed by atoms with Gasteiger partial charge in [0, 0.05) is 12.5 Å². The van der Waals surface area contributed by atoms with E-state index >= 15 is 0 Å². The third kappa shape index (κ3) is 5.44. The molecule has 0 saturated heterocycles. The van der Waals surface area contributed by atoms with Crippen molar-refractivity contribution in [2.75, 3.05) is 0 Å². The molecule has 0 unspecified atom stereocenters. The van der Waals surface area contributed by atoms with Gasteiger partial charge < -0.3 is 5.11 Å². The number of carbonyl (C=O) groups is 1. The molecule has 2 aromatic carbocycles. The number of hydrogen-bond donors (Lipinski definition) is 1. The third-order valence-electron chi connectivity index (χ3n) is 3.97. The van der Waals surface area contributed by atoms with Gasteiger partial charge in [-0.3, -0.25) is 0 Å². The zero-order chi connectivity index (χ0) is 17.2. The zero-order valence-electron chi connectivity index (χ0n) is 13.7. The molecule has 0 aliphatic heterocycles. The maximum atomic E-state index is 10.6. The summed E-state index contributed by atoms with van der Waals surface area (Å²) in [5.74, 6) is 1.82. The number of aryl methyl sites for hydroxylation is 1. The normalized spacial score (nSPS) is 10.6. The quantitative estimate of drug-likeness (QED) is 0.578. The van der Waals surface area contributed by atoms with Crippen LogP contribution in [0.25, 0.3) is 0 Å². The van der Waals surface area contributed by atoms with E-state index in [-0.39, 0.29) is 0 Å². The molecule has 0 aromatic heterocycles. The summed E-state index contributed by atoms with van der Waals surface area (Å²) >= 11 is 0. The highest BCUT2D eigenvalue weighted by Crippen LogP contribution is 2.21. The lowest BCUT2D eigenvalue weighted by molar-refractivity contribution is -0.131. The fourth-order valence-electron chi connectivity index (χ4n) is 2.84. The second-order valence-corrected chi connectivity index (χ2v) is 5.70. The first-order valence-corrected chi connectivity index (χ1v) is 8.17. The van der Waals surface area contributed by atoms with E-state index in [0.29, 0.717) is 12.8 Å². The van der Waals surface area contributed by atoms with Crippen LogP contribution in [0.4, 0.5) is 0 Å². The molecule has 2 aromatic rings. The fourth-order valence-corrected chi connectivity index (χ4v) is 2.84. The molecule has 2 rings (SSSR count). The molecule has 0 fully saturated rings. The molecule has 2 nitrogen and oxygen atoms in total. The van der Waals surface area contributed by atoms with E-state index in [1.807, 2.05) is 6.07 Å². The summed E-state index contributed by atoms with van der Waals surface area (Å²) in [6.45, 7) is 0. The summed E-state index contributed by atoms with van der Waals surface area (Å²) in [4.78, 5) is 10.6. The van der Waals surface area contributed by atoms with Gasteiger partial charge in [0.1, 0.15) is 0 Å². The summed E-state index contributed by atoms with van der Waals surface area (Å²) in [6, 6.07) is 16.8. The predicted octanol–water partition coefficient (Wildman–Crippen LogP) is 4.42. The molecule has 0 spiro atoms. The number of carboxylic acid groups (broad SMARTS) is 1. The Morgan fingerprint density at radius 2 is 1.79 bits per heavy atom. The van der Waals surface area contributed by atoms with Gasteiger partial charge >= 0.3 is 5.97 Å². The summed E-state index contributed by atoms with van der Waals surface area (Å²) in [6.07, 6.45) is 12.4. The van der Waals surface area contributed by atoms with E-state index in [4.69, 9.17) is 11.5 Å². The molecule has 2 heteroatoms. The van der Waals surface area contributed by atoms with Gasteiger partial charge in [-0.15, -0.1) is 12.3 Å². The molecular formula is C22H22O2. The molecule has 0 atom stereocenters. The van der Waals surface area contributed by atoms with Gasteiger partial charge in [-0.2, -0.15) is 0 Å². The lowest BCUT2D eigenvalue weighted by Crippen LogP contribution is -2.01. The average Bonchev–Trinajstić information content (AvgIpc) is 2.59. The smallest absolute Gasteiger partial charge is 0.327 e. The van der Waals surface area contributed by atoms with E-state index in [0.717, 1.165) is 19.3 Å². The Balaban J connectivity index is 2.21. The lowest BCUT2D eigenvalue weighted by atomic mass is 9.91. The van der Waals surface area contributed by atoms with Crippen LogP contribution >= 0.6 is 0 Å². The molecule has 1 N–H and O–H groups in total. The van der Waals surface area contributed by atoms with Crippen molar-refractivity contribution in [2.45, 2.75) is 32.1 Å². The number of aliphatic carboxylic acids is 1. The first-order valence-electron chi connectivity index (χ1n) is 8.17. The highest BCUT2D eigenvalue weighted by Gasteiger charge is 2.08. The lowest BCUT2D eigenvalue weighted by Gasteiger charge is -2.14. The van der Waals surface area contributed by atoms with Crippen LogP contribution in [-0.4, -0.2) is 11.1 Å². The van der Waals surface area contributed by atoms with Crippen molar-refractivity contribution in [3.63, 3.8) is 0 Å². The molecule has 0 aliphatic rings. The van der Waals surface area contributed by atoms with Crippen LogP contribution < -0.4 is 0 Å². The number of allylic oxidation sites excluding steroid dienone is 1. The third-order valence-corrected chi connectivity index (χ3v) is 3.97. The molecule has 0 aliphatic carbocycles. The van der Waals surface area contributed by atoms with Crippen molar-refractivity contribution in [2.24, 2.45) is 0 Å². The van der Waals surface area contributed by atoms with Gasteiger partial charge in [-0.1, -0.05) is 54.6 Å². The van der Waals surface area contributed by atoms with E-state index in [9.17, 15) is 4.79 Å². The molecule has 0 radical (unpaired) electrons. The van der Waals surface area contributed by atoms with Gasteiger partial charge in [-0.25, -0.2) is 4.79 Å². The summed E-state index contributed by atoms with van der Waals surface area (Å²) in [5, 5.41) is 8.68. The van der Waals surface area contributed by atoms with Crippen molar-refractivity contribution >= 4 is 5.97 Å². The Morgan fingerprint density at radius 3 is 2.50 bits per heavy atom. The monoisotopic (exact) mass is 318 g/mol. The maximum Gasteiger partial charge on any atom is 0.327 e. The van der Waals surface area contributed by atoms with Gasteiger partial charge in [0.25, 0.3) is 0 Å². The second-order valence-electron chi connectivity index (χ2n) is 5.70. The van der Waals surface area contributed by atoms with Crippen molar-refractivity contribution in [3.8, 4) is 12.3 Å². The van der Waals surface area contributed by atoms with E-state index in [1.165, 1.54) is 28.3 Å². The number of carboxylic acids is 1. The minimum atomic E-state index is -0.902. The maximum absolute atomic E-state index is 10.6. The number of rotatable bonds is 8.